The van der Waals surface area contributed by atoms with Crippen molar-refractivity contribution in [1.82, 2.24) is 0 Å². The molecule has 3 nitrogen and oxygen atoms in total. The van der Waals surface area contributed by atoms with Crippen molar-refractivity contribution < 1.29 is 14.6 Å². The fourth-order valence-corrected chi connectivity index (χ4v) is 3.66. The number of hydrogen-bond acceptors (Lipinski definition) is 2. The molecule has 0 spiro atoms. The van der Waals surface area contributed by atoms with Crippen LogP contribution < -0.4 is 4.74 Å². The molecule has 0 atom stereocenters. The van der Waals surface area contributed by atoms with E-state index in [0.29, 0.717) is 6.42 Å². The number of carboxylic acid groups (broad SMARTS) is 1. The SMILES string of the molecule is CCc1c(OC)ccc(CC2(C(=O)O)CCCCC2)c1C. The molecule has 0 saturated heterocycles. The summed E-state index contributed by atoms with van der Waals surface area (Å²) in [6.45, 7) is 4.21. The van der Waals surface area contributed by atoms with Crippen molar-refractivity contribution in [2.24, 2.45) is 5.41 Å². The maximum absolute atomic E-state index is 11.8. The Morgan fingerprint density at radius 1 is 1.29 bits per heavy atom. The lowest BCUT2D eigenvalue weighted by molar-refractivity contribution is -0.151. The first-order valence-corrected chi connectivity index (χ1v) is 7.93. The van der Waals surface area contributed by atoms with Gasteiger partial charge >= 0.3 is 5.97 Å². The van der Waals surface area contributed by atoms with E-state index in [1.54, 1.807) is 7.11 Å². The van der Waals surface area contributed by atoms with Crippen molar-refractivity contribution in [1.29, 1.82) is 0 Å². The summed E-state index contributed by atoms with van der Waals surface area (Å²) in [7, 11) is 1.69. The van der Waals surface area contributed by atoms with E-state index in [2.05, 4.69) is 13.8 Å². The summed E-state index contributed by atoms with van der Waals surface area (Å²) in [5.41, 5.74) is 2.99. The monoisotopic (exact) mass is 290 g/mol. The van der Waals surface area contributed by atoms with Gasteiger partial charge in [0.05, 0.1) is 12.5 Å². The molecule has 0 bridgehead atoms. The topological polar surface area (TPSA) is 46.5 Å². The third kappa shape index (κ3) is 3.07. The van der Waals surface area contributed by atoms with Crippen molar-refractivity contribution in [2.45, 2.75) is 58.8 Å². The highest BCUT2D eigenvalue weighted by Gasteiger charge is 2.40. The number of carbonyl (C=O) groups is 1. The number of ether oxygens (including phenoxy) is 1. The highest BCUT2D eigenvalue weighted by molar-refractivity contribution is 5.75. The van der Waals surface area contributed by atoms with Crippen LogP contribution in [0.2, 0.25) is 0 Å². The summed E-state index contributed by atoms with van der Waals surface area (Å²) in [4.78, 5) is 11.8. The number of aliphatic carboxylic acids is 1. The molecule has 1 N–H and O–H groups in total. The molecule has 1 aliphatic rings. The van der Waals surface area contributed by atoms with Gasteiger partial charge in [0.25, 0.3) is 0 Å². The Morgan fingerprint density at radius 3 is 2.48 bits per heavy atom. The third-order valence-corrected chi connectivity index (χ3v) is 5.03. The minimum atomic E-state index is -0.629. The zero-order valence-electron chi connectivity index (χ0n) is 13.4. The summed E-state index contributed by atoms with van der Waals surface area (Å²) >= 11 is 0. The lowest BCUT2D eigenvalue weighted by atomic mass is 9.69. The fourth-order valence-electron chi connectivity index (χ4n) is 3.66. The maximum atomic E-state index is 11.8. The largest absolute Gasteiger partial charge is 0.496 e. The zero-order chi connectivity index (χ0) is 15.5. The normalized spacial score (nSPS) is 17.5. The smallest absolute Gasteiger partial charge is 0.309 e. The molecule has 0 radical (unpaired) electrons. The van der Waals surface area contributed by atoms with E-state index >= 15 is 0 Å². The predicted octanol–water partition coefficient (Wildman–Crippen LogP) is 4.14. The van der Waals surface area contributed by atoms with Crippen LogP contribution in [0.5, 0.6) is 5.75 Å². The number of hydrogen-bond donors (Lipinski definition) is 1. The lowest BCUT2D eigenvalue weighted by Gasteiger charge is -2.34. The van der Waals surface area contributed by atoms with Gasteiger partial charge in [0.15, 0.2) is 0 Å². The molecule has 0 heterocycles. The Labute approximate surface area is 127 Å². The predicted molar refractivity (Wildman–Crippen MR) is 84.0 cm³/mol. The Hall–Kier alpha value is -1.51. The molecule has 2 rings (SSSR count). The van der Waals surface area contributed by atoms with Crippen LogP contribution in [0.15, 0.2) is 12.1 Å². The second kappa shape index (κ2) is 6.50. The van der Waals surface area contributed by atoms with Gasteiger partial charge in [-0.3, -0.25) is 4.79 Å². The van der Waals surface area contributed by atoms with Gasteiger partial charge in [-0.1, -0.05) is 32.3 Å². The average Bonchev–Trinajstić information content (AvgIpc) is 2.50. The molecule has 1 saturated carbocycles. The van der Waals surface area contributed by atoms with E-state index in [0.717, 1.165) is 49.8 Å². The highest BCUT2D eigenvalue weighted by Crippen LogP contribution is 2.41. The van der Waals surface area contributed by atoms with Gasteiger partial charge in [-0.25, -0.2) is 0 Å². The average molecular weight is 290 g/mol. The fraction of sp³-hybridized carbons (Fsp3) is 0.611. The standard InChI is InChI=1S/C18H26O3/c1-4-15-13(2)14(8-9-16(15)21-3)12-18(17(19)20)10-6-5-7-11-18/h8-9H,4-7,10-12H2,1-3H3,(H,19,20). The quantitative estimate of drug-likeness (QED) is 0.886. The molecule has 1 aromatic rings. The minimum absolute atomic E-state index is 0.567. The summed E-state index contributed by atoms with van der Waals surface area (Å²) < 4.78 is 5.42. The number of carboxylic acids is 1. The molecule has 1 aromatic carbocycles. The zero-order valence-corrected chi connectivity index (χ0v) is 13.4. The lowest BCUT2D eigenvalue weighted by Crippen LogP contribution is -2.35. The van der Waals surface area contributed by atoms with E-state index in [1.165, 1.54) is 11.1 Å². The number of methoxy groups -OCH3 is 1. The van der Waals surface area contributed by atoms with Crippen LogP contribution in [0.25, 0.3) is 0 Å². The van der Waals surface area contributed by atoms with Crippen LogP contribution in [0.4, 0.5) is 0 Å². The first-order chi connectivity index (χ1) is 10.0. The van der Waals surface area contributed by atoms with Gasteiger partial charge in [-0.2, -0.15) is 0 Å². The molecule has 0 aliphatic heterocycles. The molecule has 116 valence electrons. The maximum Gasteiger partial charge on any atom is 0.309 e. The number of rotatable bonds is 5. The molecule has 0 unspecified atom stereocenters. The number of benzene rings is 1. The van der Waals surface area contributed by atoms with Crippen molar-refractivity contribution in [3.05, 3.63) is 28.8 Å². The van der Waals surface area contributed by atoms with Crippen molar-refractivity contribution in [3.8, 4) is 5.75 Å². The van der Waals surface area contributed by atoms with Crippen LogP contribution >= 0.6 is 0 Å². The van der Waals surface area contributed by atoms with E-state index < -0.39 is 11.4 Å². The van der Waals surface area contributed by atoms with Gasteiger partial charge in [0, 0.05) is 0 Å². The molecule has 21 heavy (non-hydrogen) atoms. The Bertz CT molecular complexity index is 513. The summed E-state index contributed by atoms with van der Waals surface area (Å²) in [5.74, 6) is 0.280. The van der Waals surface area contributed by atoms with Crippen molar-refractivity contribution >= 4 is 5.97 Å². The van der Waals surface area contributed by atoms with E-state index in [-0.39, 0.29) is 0 Å². The molecule has 1 fully saturated rings. The summed E-state index contributed by atoms with van der Waals surface area (Å²) in [6, 6.07) is 4.03. The third-order valence-electron chi connectivity index (χ3n) is 5.03. The van der Waals surface area contributed by atoms with Gasteiger partial charge in [0.1, 0.15) is 5.75 Å². The van der Waals surface area contributed by atoms with E-state index in [9.17, 15) is 9.90 Å². The summed E-state index contributed by atoms with van der Waals surface area (Å²) in [5, 5.41) is 9.74. The molecule has 1 aliphatic carbocycles. The van der Waals surface area contributed by atoms with Gasteiger partial charge in [-0.05, 0) is 55.4 Å². The van der Waals surface area contributed by atoms with Gasteiger partial charge < -0.3 is 9.84 Å². The second-order valence-electron chi connectivity index (χ2n) is 6.21. The van der Waals surface area contributed by atoms with Crippen LogP contribution in [0, 0.1) is 12.3 Å². The van der Waals surface area contributed by atoms with Crippen LogP contribution in [-0.2, 0) is 17.6 Å². The van der Waals surface area contributed by atoms with Crippen molar-refractivity contribution in [3.63, 3.8) is 0 Å². The second-order valence-corrected chi connectivity index (χ2v) is 6.21. The van der Waals surface area contributed by atoms with Gasteiger partial charge in [-0.15, -0.1) is 0 Å². The first kappa shape index (κ1) is 15.9. The minimum Gasteiger partial charge on any atom is -0.496 e. The van der Waals surface area contributed by atoms with Crippen molar-refractivity contribution in [2.75, 3.05) is 7.11 Å². The highest BCUT2D eigenvalue weighted by atomic mass is 16.5. The van der Waals surface area contributed by atoms with Crippen LogP contribution in [0.3, 0.4) is 0 Å². The molecular weight excluding hydrogens is 264 g/mol. The Kier molecular flexibility index (Phi) is 4.92. The summed E-state index contributed by atoms with van der Waals surface area (Å²) in [6.07, 6.45) is 6.37. The molecule has 0 amide bonds. The molecule has 0 aromatic heterocycles. The van der Waals surface area contributed by atoms with Crippen LogP contribution in [0.1, 0.15) is 55.7 Å². The van der Waals surface area contributed by atoms with E-state index in [4.69, 9.17) is 4.74 Å². The van der Waals surface area contributed by atoms with Gasteiger partial charge in [0.2, 0.25) is 0 Å². The van der Waals surface area contributed by atoms with Crippen LogP contribution in [-0.4, -0.2) is 18.2 Å². The Balaban J connectivity index is 2.35. The molecular formula is C18H26O3. The first-order valence-electron chi connectivity index (χ1n) is 7.93. The molecule has 3 heteroatoms. The Morgan fingerprint density at radius 2 is 1.95 bits per heavy atom. The van der Waals surface area contributed by atoms with E-state index in [1.807, 2.05) is 12.1 Å².